The van der Waals surface area contributed by atoms with E-state index in [1.54, 1.807) is 13.1 Å². The topological polar surface area (TPSA) is 127 Å². The van der Waals surface area contributed by atoms with Gasteiger partial charge < -0.3 is 24.7 Å². The molecule has 34 heavy (non-hydrogen) atoms. The summed E-state index contributed by atoms with van der Waals surface area (Å²) < 4.78 is 24.4. The number of nitrogens with zero attached hydrogens (tertiary/aromatic N) is 3. The Morgan fingerprint density at radius 2 is 1.38 bits per heavy atom. The van der Waals surface area contributed by atoms with Crippen LogP contribution in [0.1, 0.15) is 24.8 Å². The van der Waals surface area contributed by atoms with Crippen LogP contribution in [0.15, 0.2) is 23.0 Å². The molecule has 0 spiro atoms. The highest BCUT2D eigenvalue weighted by molar-refractivity contribution is 6.11. The molecule has 188 valence electrons. The molecule has 2 aromatic rings. The molecule has 2 amide bonds. The fourth-order valence-corrected chi connectivity index (χ4v) is 3.86. The molecule has 0 unspecified atom stereocenters. The number of aromatic nitrogens is 2. The van der Waals surface area contributed by atoms with Crippen LogP contribution >= 0.6 is 0 Å². The Balaban J connectivity index is 1.47. The maximum Gasteiger partial charge on any atom is 0.348 e. The molecular formula is C23H34N4O7. The minimum absolute atomic E-state index is 0.250. The van der Waals surface area contributed by atoms with Gasteiger partial charge in [-0.05, 0) is 24.5 Å². The zero-order chi connectivity index (χ0) is 24.3. The van der Waals surface area contributed by atoms with Crippen molar-refractivity contribution in [2.24, 2.45) is 12.8 Å². The number of carbonyl (C=O) groups excluding carboxylic acids is 2. The number of ether oxygens (including phenoxy) is 4. The first-order valence-corrected chi connectivity index (χ1v) is 11.6. The van der Waals surface area contributed by atoms with E-state index in [9.17, 15) is 14.4 Å². The Kier molecular flexibility index (Phi) is 10.2. The van der Waals surface area contributed by atoms with Gasteiger partial charge in [0.05, 0.1) is 63.9 Å². The molecule has 2 heterocycles. The molecule has 1 fully saturated rings. The molecule has 2 N–H and O–H groups in total. The summed E-state index contributed by atoms with van der Waals surface area (Å²) in [6.45, 7) is 4.36. The number of imidazole rings is 1. The molecule has 1 aromatic heterocycles. The van der Waals surface area contributed by atoms with Crippen LogP contribution in [0.3, 0.4) is 0 Å². The maximum absolute atomic E-state index is 12.9. The van der Waals surface area contributed by atoms with Crippen molar-refractivity contribution in [1.29, 1.82) is 0 Å². The lowest BCUT2D eigenvalue weighted by Crippen LogP contribution is -2.52. The van der Waals surface area contributed by atoms with Crippen LogP contribution in [0.2, 0.25) is 0 Å². The molecule has 0 atom stereocenters. The fraction of sp³-hybridized carbons (Fsp3) is 0.609. The van der Waals surface area contributed by atoms with Crippen molar-refractivity contribution in [2.45, 2.75) is 25.7 Å². The largest absolute Gasteiger partial charge is 0.379 e. The van der Waals surface area contributed by atoms with E-state index < -0.39 is 5.69 Å². The van der Waals surface area contributed by atoms with Gasteiger partial charge in [0, 0.05) is 26.4 Å². The molecular weight excluding hydrogens is 444 g/mol. The lowest BCUT2D eigenvalue weighted by atomic mass is 10.1. The SMILES string of the molecule is Cn1c(=O)n(N2C(=O)CCCC2=O)c2cccc(CCOCCOCCOCCOCCN)c21. The Morgan fingerprint density at radius 3 is 1.97 bits per heavy atom. The molecule has 1 aliphatic rings. The van der Waals surface area contributed by atoms with Gasteiger partial charge in [0.25, 0.3) is 0 Å². The average molecular weight is 479 g/mol. The third-order valence-corrected chi connectivity index (χ3v) is 5.48. The number of hydrogen-bond acceptors (Lipinski definition) is 8. The van der Waals surface area contributed by atoms with E-state index in [1.807, 2.05) is 12.1 Å². The monoisotopic (exact) mass is 478 g/mol. The zero-order valence-corrected chi connectivity index (χ0v) is 19.7. The third kappa shape index (κ3) is 6.51. The van der Waals surface area contributed by atoms with Gasteiger partial charge >= 0.3 is 5.69 Å². The summed E-state index contributed by atoms with van der Waals surface area (Å²) in [4.78, 5) is 37.7. The highest BCUT2D eigenvalue weighted by Crippen LogP contribution is 2.21. The van der Waals surface area contributed by atoms with Gasteiger partial charge in [-0.2, -0.15) is 9.69 Å². The molecule has 0 saturated carbocycles. The van der Waals surface area contributed by atoms with Crippen LogP contribution < -0.4 is 16.4 Å². The summed E-state index contributed by atoms with van der Waals surface area (Å²) in [5, 5.41) is 0.989. The van der Waals surface area contributed by atoms with Gasteiger partial charge in [-0.1, -0.05) is 12.1 Å². The Morgan fingerprint density at radius 1 is 0.824 bits per heavy atom. The van der Waals surface area contributed by atoms with Crippen LogP contribution in [-0.4, -0.2) is 80.5 Å². The lowest BCUT2D eigenvalue weighted by molar-refractivity contribution is -0.131. The van der Waals surface area contributed by atoms with Crippen molar-refractivity contribution in [3.8, 4) is 0 Å². The molecule has 0 radical (unpaired) electrons. The summed E-state index contributed by atoms with van der Waals surface area (Å²) in [6, 6.07) is 5.48. The molecule has 3 rings (SSSR count). The first-order chi connectivity index (χ1) is 16.6. The lowest BCUT2D eigenvalue weighted by Gasteiger charge is -2.25. The van der Waals surface area contributed by atoms with Gasteiger partial charge in [0.2, 0.25) is 11.8 Å². The van der Waals surface area contributed by atoms with Crippen molar-refractivity contribution in [1.82, 2.24) is 9.24 Å². The van der Waals surface area contributed by atoms with Crippen LogP contribution in [0.25, 0.3) is 11.0 Å². The fourth-order valence-electron chi connectivity index (χ4n) is 3.86. The number of imide groups is 1. The average Bonchev–Trinajstić information content (AvgIpc) is 3.08. The quantitative estimate of drug-likeness (QED) is 0.282. The van der Waals surface area contributed by atoms with Crippen LogP contribution in [-0.2, 0) is 42.0 Å². The van der Waals surface area contributed by atoms with Crippen molar-refractivity contribution in [3.05, 3.63) is 34.2 Å². The Bertz CT molecular complexity index is 1000. The molecule has 11 nitrogen and oxygen atoms in total. The zero-order valence-electron chi connectivity index (χ0n) is 19.7. The minimum atomic E-state index is -0.423. The van der Waals surface area contributed by atoms with Crippen molar-refractivity contribution in [3.63, 3.8) is 0 Å². The van der Waals surface area contributed by atoms with Gasteiger partial charge in [0.15, 0.2) is 0 Å². The molecule has 1 aliphatic heterocycles. The highest BCUT2D eigenvalue weighted by Gasteiger charge is 2.31. The van der Waals surface area contributed by atoms with E-state index in [2.05, 4.69) is 0 Å². The standard InChI is InChI=1S/C23H34N4O7/c1-25-22-18(8-10-31-12-14-33-16-17-34-15-13-32-11-9-24)4-2-5-19(22)26(23(25)30)27-20(28)6-3-7-21(27)29/h2,4-5H,3,6-17,24H2,1H3. The number of amides is 2. The second-order valence-corrected chi connectivity index (χ2v) is 7.88. The van der Waals surface area contributed by atoms with E-state index >= 15 is 0 Å². The smallest absolute Gasteiger partial charge is 0.348 e. The number of aryl methyl sites for hydroxylation is 1. The number of rotatable bonds is 15. The summed E-state index contributed by atoms with van der Waals surface area (Å²) in [6.07, 6.45) is 1.58. The summed E-state index contributed by atoms with van der Waals surface area (Å²) in [5.41, 5.74) is 7.03. The normalized spacial score (nSPS) is 14.5. The van der Waals surface area contributed by atoms with Gasteiger partial charge in [-0.3, -0.25) is 14.2 Å². The van der Waals surface area contributed by atoms with Crippen LogP contribution in [0.4, 0.5) is 0 Å². The summed E-state index contributed by atoms with van der Waals surface area (Å²) >= 11 is 0. The highest BCUT2D eigenvalue weighted by atomic mass is 16.6. The second kappa shape index (κ2) is 13.4. The number of benzene rings is 1. The van der Waals surface area contributed by atoms with E-state index in [1.165, 1.54) is 9.24 Å². The number of nitrogens with two attached hydrogens (primary N) is 1. The molecule has 0 aliphatic carbocycles. The molecule has 1 aromatic carbocycles. The number of fused-ring (bicyclic) bond motifs is 1. The minimum Gasteiger partial charge on any atom is -0.379 e. The van der Waals surface area contributed by atoms with Crippen LogP contribution in [0.5, 0.6) is 0 Å². The van der Waals surface area contributed by atoms with E-state index in [-0.39, 0.29) is 24.7 Å². The Hall–Kier alpha value is -2.57. The number of piperidine rings is 1. The van der Waals surface area contributed by atoms with E-state index in [4.69, 9.17) is 24.7 Å². The number of para-hydroxylation sites is 1. The van der Waals surface area contributed by atoms with Crippen molar-refractivity contribution in [2.75, 3.05) is 64.4 Å². The maximum atomic E-state index is 12.9. The summed E-state index contributed by atoms with van der Waals surface area (Å²) in [7, 11) is 1.64. The van der Waals surface area contributed by atoms with E-state index in [0.717, 1.165) is 10.6 Å². The van der Waals surface area contributed by atoms with Gasteiger partial charge in [-0.15, -0.1) is 0 Å². The predicted molar refractivity (Wildman–Crippen MR) is 125 cm³/mol. The van der Waals surface area contributed by atoms with E-state index in [0.29, 0.717) is 83.3 Å². The number of carbonyl (C=O) groups is 2. The van der Waals surface area contributed by atoms with Gasteiger partial charge in [0.1, 0.15) is 0 Å². The first-order valence-electron chi connectivity index (χ1n) is 11.6. The molecule has 0 bridgehead atoms. The number of hydrogen-bond donors (Lipinski definition) is 1. The van der Waals surface area contributed by atoms with Crippen molar-refractivity contribution < 1.29 is 28.5 Å². The van der Waals surface area contributed by atoms with Crippen LogP contribution in [0, 0.1) is 0 Å². The first kappa shape index (κ1) is 26.0. The Labute approximate surface area is 198 Å². The third-order valence-electron chi connectivity index (χ3n) is 5.48. The second-order valence-electron chi connectivity index (χ2n) is 7.88. The predicted octanol–water partition coefficient (Wildman–Crippen LogP) is 0.0827. The summed E-state index contributed by atoms with van der Waals surface area (Å²) in [5.74, 6) is -0.713. The molecule has 1 saturated heterocycles. The van der Waals surface area contributed by atoms with Crippen molar-refractivity contribution >= 4 is 22.8 Å². The molecule has 11 heteroatoms. The van der Waals surface area contributed by atoms with Gasteiger partial charge in [-0.25, -0.2) is 4.79 Å².